The van der Waals surface area contributed by atoms with Gasteiger partial charge in [0, 0.05) is 20.0 Å². The number of allylic oxidation sites excluding steroid dienone is 2. The summed E-state index contributed by atoms with van der Waals surface area (Å²) in [4.78, 5) is 53.4. The van der Waals surface area contributed by atoms with Crippen LogP contribution in [0.25, 0.3) is 0 Å². The van der Waals surface area contributed by atoms with Gasteiger partial charge in [0.2, 0.25) is 11.8 Å². The van der Waals surface area contributed by atoms with Gasteiger partial charge in [0.1, 0.15) is 18.2 Å². The molecule has 0 saturated carbocycles. The Kier molecular flexibility index (Phi) is 16.4. The fourth-order valence-electron chi connectivity index (χ4n) is 4.61. The first-order chi connectivity index (χ1) is 18.1. The van der Waals surface area contributed by atoms with E-state index in [-0.39, 0.29) is 31.0 Å². The molecular weight excluding hydrogens is 486 g/mol. The Labute approximate surface area is 229 Å². The van der Waals surface area contributed by atoms with Crippen LogP contribution < -0.4 is 10.6 Å². The molecule has 2 N–H and O–H groups in total. The van der Waals surface area contributed by atoms with Crippen LogP contribution in [0.2, 0.25) is 0 Å². The highest BCUT2D eigenvalue weighted by atomic mass is 16.6. The molecule has 1 rings (SSSR count). The van der Waals surface area contributed by atoms with E-state index in [1.807, 2.05) is 26.0 Å². The van der Waals surface area contributed by atoms with Crippen molar-refractivity contribution in [2.24, 2.45) is 11.8 Å². The van der Waals surface area contributed by atoms with Crippen molar-refractivity contribution in [1.82, 2.24) is 15.5 Å². The van der Waals surface area contributed by atoms with Crippen LogP contribution in [0.4, 0.5) is 4.79 Å². The Morgan fingerprint density at radius 2 is 1.79 bits per heavy atom. The molecule has 0 fully saturated rings. The van der Waals surface area contributed by atoms with Gasteiger partial charge in [-0.05, 0) is 57.8 Å². The highest BCUT2D eigenvalue weighted by Crippen LogP contribution is 2.19. The molecule has 0 saturated heterocycles. The largest absolute Gasteiger partial charge is 0.464 e. The van der Waals surface area contributed by atoms with Crippen LogP contribution in [0.3, 0.4) is 0 Å². The van der Waals surface area contributed by atoms with Gasteiger partial charge in [-0.15, -0.1) is 0 Å². The lowest BCUT2D eigenvalue weighted by Gasteiger charge is -2.27. The van der Waals surface area contributed by atoms with Crippen molar-refractivity contribution >= 4 is 23.9 Å². The molecule has 1 heterocycles. The third kappa shape index (κ3) is 13.3. The number of ether oxygens (including phenoxy) is 2. The van der Waals surface area contributed by atoms with Gasteiger partial charge in [0.25, 0.3) is 0 Å². The molecule has 1 aliphatic rings. The average Bonchev–Trinajstić information content (AvgIpc) is 2.85. The summed E-state index contributed by atoms with van der Waals surface area (Å²) in [6.45, 7) is 7.92. The highest BCUT2D eigenvalue weighted by molar-refractivity contribution is 5.90. The lowest BCUT2D eigenvalue weighted by atomic mass is 9.93. The van der Waals surface area contributed by atoms with Crippen LogP contribution in [0.1, 0.15) is 98.3 Å². The zero-order valence-electron chi connectivity index (χ0n) is 24.4. The number of hydrogen-bond acceptors (Lipinski definition) is 6. The van der Waals surface area contributed by atoms with Crippen molar-refractivity contribution in [2.45, 2.75) is 117 Å². The lowest BCUT2D eigenvalue weighted by molar-refractivity contribution is -0.148. The van der Waals surface area contributed by atoms with E-state index < -0.39 is 36.0 Å². The first-order valence-corrected chi connectivity index (χ1v) is 14.4. The first-order valence-electron chi connectivity index (χ1n) is 14.4. The topological polar surface area (TPSA) is 114 Å². The second kappa shape index (κ2) is 18.6. The van der Waals surface area contributed by atoms with Gasteiger partial charge >= 0.3 is 12.1 Å². The minimum Gasteiger partial charge on any atom is -0.464 e. The number of cyclic esters (lactones) is 1. The van der Waals surface area contributed by atoms with Crippen LogP contribution in [0.15, 0.2) is 12.2 Å². The molecule has 0 aromatic carbocycles. The van der Waals surface area contributed by atoms with E-state index in [1.165, 1.54) is 17.7 Å². The van der Waals surface area contributed by atoms with Gasteiger partial charge in [-0.2, -0.15) is 0 Å². The number of amides is 3. The third-order valence-corrected chi connectivity index (χ3v) is 6.66. The summed E-state index contributed by atoms with van der Waals surface area (Å²) >= 11 is 0. The number of esters is 1. The van der Waals surface area contributed by atoms with Gasteiger partial charge in [0.05, 0.1) is 6.61 Å². The molecule has 0 radical (unpaired) electrons. The molecule has 3 amide bonds. The predicted octanol–water partition coefficient (Wildman–Crippen LogP) is 4.74. The van der Waals surface area contributed by atoms with E-state index in [2.05, 4.69) is 17.6 Å². The third-order valence-electron chi connectivity index (χ3n) is 6.66. The molecule has 38 heavy (non-hydrogen) atoms. The van der Waals surface area contributed by atoms with Gasteiger partial charge in [-0.1, -0.05) is 58.6 Å². The second-order valence-corrected chi connectivity index (χ2v) is 10.8. The summed E-state index contributed by atoms with van der Waals surface area (Å²) < 4.78 is 11.0. The van der Waals surface area contributed by atoms with E-state index in [9.17, 15) is 19.2 Å². The molecule has 0 aromatic rings. The molecular formula is C29H51N3O6. The number of nitrogens with one attached hydrogen (secondary N) is 2. The van der Waals surface area contributed by atoms with Gasteiger partial charge in [0.15, 0.2) is 0 Å². The van der Waals surface area contributed by atoms with E-state index in [0.29, 0.717) is 25.7 Å². The number of nitrogens with zero attached hydrogens (tertiary/aromatic N) is 1. The lowest BCUT2D eigenvalue weighted by Crippen LogP contribution is -2.53. The van der Waals surface area contributed by atoms with E-state index in [4.69, 9.17) is 9.47 Å². The summed E-state index contributed by atoms with van der Waals surface area (Å²) in [6, 6.07) is -1.89. The molecule has 0 bridgehead atoms. The number of unbranched alkanes of at least 4 members (excludes halogenated alkanes) is 4. The van der Waals surface area contributed by atoms with E-state index >= 15 is 0 Å². The molecule has 1 aliphatic heterocycles. The highest BCUT2D eigenvalue weighted by Gasteiger charge is 2.33. The van der Waals surface area contributed by atoms with Crippen LogP contribution in [0.5, 0.6) is 0 Å². The molecule has 9 heteroatoms. The molecule has 0 aromatic heterocycles. The number of carbonyl (C=O) groups is 4. The number of alkyl carbamates (subject to hydrolysis) is 1. The molecule has 4 atom stereocenters. The van der Waals surface area contributed by atoms with Crippen molar-refractivity contribution in [2.75, 3.05) is 20.7 Å². The first kappa shape index (κ1) is 33.4. The van der Waals surface area contributed by atoms with Crippen LogP contribution in [-0.4, -0.2) is 67.7 Å². The molecule has 0 aliphatic carbocycles. The Balaban J connectivity index is 3.20. The Hall–Kier alpha value is -2.58. The maximum atomic E-state index is 13.3. The summed E-state index contributed by atoms with van der Waals surface area (Å²) in [6.07, 6.45) is 11.7. The Bertz CT molecular complexity index is 767. The standard InChI is InChI=1S/C29H51N3O6/c1-7-9-10-11-14-17-23-18-15-12-13-16-22(27(34)32(5)6)20-25(28(35)37-8-2)30-26(33)24(19-21(3)4)31-29(36)38-23/h12-13,21-25H,7-11,14-20H2,1-6H3,(H,30,33)(H,31,36)/b13-12-/t22?,23?,24?,25-/m0/s1. The van der Waals surface area contributed by atoms with Gasteiger partial charge < -0.3 is 25.0 Å². The SMILES string of the molecule is CCCCCCCC1CC/C=C\CC(C(=O)N(C)C)C[C@@H](C(=O)OCC)NC(=O)C(CC(C)C)NC(=O)O1. The van der Waals surface area contributed by atoms with Crippen LogP contribution >= 0.6 is 0 Å². The fourth-order valence-corrected chi connectivity index (χ4v) is 4.61. The quantitative estimate of drug-likeness (QED) is 0.224. The number of hydrogen-bond donors (Lipinski definition) is 2. The molecule has 9 nitrogen and oxygen atoms in total. The van der Waals surface area contributed by atoms with Crippen molar-refractivity contribution in [1.29, 1.82) is 0 Å². The van der Waals surface area contributed by atoms with Crippen molar-refractivity contribution < 1.29 is 28.7 Å². The molecule has 0 spiro atoms. The monoisotopic (exact) mass is 537 g/mol. The Morgan fingerprint density at radius 3 is 2.42 bits per heavy atom. The van der Waals surface area contributed by atoms with Crippen molar-refractivity contribution in [3.63, 3.8) is 0 Å². The fraction of sp³-hybridized carbons (Fsp3) is 0.793. The van der Waals surface area contributed by atoms with E-state index in [0.717, 1.165) is 25.7 Å². The van der Waals surface area contributed by atoms with Crippen LogP contribution in [-0.2, 0) is 23.9 Å². The van der Waals surface area contributed by atoms with Gasteiger partial charge in [-0.25, -0.2) is 9.59 Å². The summed E-state index contributed by atoms with van der Waals surface area (Å²) in [5, 5.41) is 5.49. The summed E-state index contributed by atoms with van der Waals surface area (Å²) in [7, 11) is 3.35. The molecule has 218 valence electrons. The van der Waals surface area contributed by atoms with Crippen molar-refractivity contribution in [3.8, 4) is 0 Å². The maximum absolute atomic E-state index is 13.3. The summed E-state index contributed by atoms with van der Waals surface area (Å²) in [5.41, 5.74) is 0. The zero-order valence-corrected chi connectivity index (χ0v) is 24.4. The molecule has 3 unspecified atom stereocenters. The normalized spacial score (nSPS) is 24.3. The number of carbonyl (C=O) groups excluding carboxylic acids is 4. The smallest absolute Gasteiger partial charge is 0.408 e. The van der Waals surface area contributed by atoms with Crippen molar-refractivity contribution in [3.05, 3.63) is 12.2 Å². The minimum atomic E-state index is -1.02. The summed E-state index contributed by atoms with van der Waals surface area (Å²) in [5.74, 6) is -1.62. The average molecular weight is 538 g/mol. The second-order valence-electron chi connectivity index (χ2n) is 10.8. The Morgan fingerprint density at radius 1 is 1.08 bits per heavy atom. The minimum absolute atomic E-state index is 0.102. The zero-order chi connectivity index (χ0) is 28.5. The predicted molar refractivity (Wildman–Crippen MR) is 148 cm³/mol. The van der Waals surface area contributed by atoms with Gasteiger partial charge in [-0.3, -0.25) is 9.59 Å². The number of rotatable bonds is 11. The van der Waals surface area contributed by atoms with E-state index in [1.54, 1.807) is 21.0 Å². The maximum Gasteiger partial charge on any atom is 0.408 e. The van der Waals surface area contributed by atoms with Crippen LogP contribution in [0, 0.1) is 11.8 Å².